The Balaban J connectivity index is 1.99. The summed E-state index contributed by atoms with van der Waals surface area (Å²) in [6.45, 7) is 0. The highest BCUT2D eigenvalue weighted by Gasteiger charge is 2.25. The predicted octanol–water partition coefficient (Wildman–Crippen LogP) is 2.01. The minimum atomic E-state index is -2.98. The first-order chi connectivity index (χ1) is 7.66. The molecule has 0 saturated carbocycles. The van der Waals surface area contributed by atoms with E-state index in [1.807, 2.05) is 0 Å². The van der Waals surface area contributed by atoms with Crippen LogP contribution in [0, 0.1) is 0 Å². The van der Waals surface area contributed by atoms with Crippen molar-refractivity contribution < 1.29 is 18.1 Å². The molecule has 1 atom stereocenters. The van der Waals surface area contributed by atoms with Gasteiger partial charge in [0.25, 0.3) is 6.43 Å². The van der Waals surface area contributed by atoms with Crippen molar-refractivity contribution in [3.63, 3.8) is 0 Å². The maximum atomic E-state index is 12.0. The van der Waals surface area contributed by atoms with Crippen molar-refractivity contribution in [2.45, 2.75) is 30.9 Å². The summed E-state index contributed by atoms with van der Waals surface area (Å²) in [5.41, 5.74) is 0. The number of rotatable bonds is 4. The summed E-state index contributed by atoms with van der Waals surface area (Å²) in [7, 11) is 0. The molecule has 0 N–H and O–H groups in total. The van der Waals surface area contributed by atoms with E-state index >= 15 is 0 Å². The van der Waals surface area contributed by atoms with E-state index in [9.17, 15) is 13.6 Å². The van der Waals surface area contributed by atoms with E-state index in [0.717, 1.165) is 18.6 Å². The van der Waals surface area contributed by atoms with Crippen LogP contribution in [-0.4, -0.2) is 28.1 Å². The lowest BCUT2D eigenvalue weighted by Crippen LogP contribution is -2.13. The third kappa shape index (κ3) is 2.58. The third-order valence-electron chi connectivity index (χ3n) is 2.27. The molecule has 1 aliphatic heterocycles. The summed E-state index contributed by atoms with van der Waals surface area (Å²) in [5.74, 6) is 0.353. The number of halogens is 2. The molecule has 1 aliphatic rings. The number of nitrogens with zero attached hydrogens (tertiary/aromatic N) is 2. The SMILES string of the molecule is O=C(Cc1nc(C2CCCS2)no1)C(F)F. The van der Waals surface area contributed by atoms with Gasteiger partial charge in [0, 0.05) is 0 Å². The largest absolute Gasteiger partial charge is 0.339 e. The Bertz CT molecular complexity index is 377. The fourth-order valence-corrected chi connectivity index (χ4v) is 2.67. The van der Waals surface area contributed by atoms with E-state index in [-0.39, 0.29) is 11.1 Å². The molecule has 0 bridgehead atoms. The number of hydrogen-bond donors (Lipinski definition) is 0. The Morgan fingerprint density at radius 2 is 2.44 bits per heavy atom. The molecule has 0 amide bonds. The Kier molecular flexibility index (Phi) is 3.52. The van der Waals surface area contributed by atoms with Crippen LogP contribution >= 0.6 is 11.8 Å². The topological polar surface area (TPSA) is 56.0 Å². The van der Waals surface area contributed by atoms with Gasteiger partial charge < -0.3 is 4.52 Å². The molecule has 88 valence electrons. The van der Waals surface area contributed by atoms with Crippen LogP contribution in [0.5, 0.6) is 0 Å². The summed E-state index contributed by atoms with van der Waals surface area (Å²) in [6.07, 6.45) is -1.40. The quantitative estimate of drug-likeness (QED) is 0.815. The van der Waals surface area contributed by atoms with Gasteiger partial charge in [0.1, 0.15) is 0 Å². The standard InChI is InChI=1S/C9H10F2N2O2S/c10-8(11)5(14)4-7-12-9(13-15-7)6-2-1-3-16-6/h6,8H,1-4H2. The first-order valence-electron chi connectivity index (χ1n) is 4.92. The first kappa shape index (κ1) is 11.5. The molecule has 0 aliphatic carbocycles. The number of thioether (sulfide) groups is 1. The van der Waals surface area contributed by atoms with E-state index in [4.69, 9.17) is 4.52 Å². The maximum absolute atomic E-state index is 12.0. The molecule has 2 rings (SSSR count). The molecule has 7 heteroatoms. The van der Waals surface area contributed by atoms with Crippen LogP contribution in [0.2, 0.25) is 0 Å². The van der Waals surface area contributed by atoms with Crippen molar-refractivity contribution in [3.8, 4) is 0 Å². The minimum Gasteiger partial charge on any atom is -0.339 e. The fraction of sp³-hybridized carbons (Fsp3) is 0.667. The van der Waals surface area contributed by atoms with Gasteiger partial charge in [-0.05, 0) is 18.6 Å². The van der Waals surface area contributed by atoms with Gasteiger partial charge in [-0.1, -0.05) is 5.16 Å². The Morgan fingerprint density at radius 3 is 3.06 bits per heavy atom. The lowest BCUT2D eigenvalue weighted by molar-refractivity contribution is -0.129. The van der Waals surface area contributed by atoms with Crippen molar-refractivity contribution >= 4 is 17.5 Å². The number of aromatic nitrogens is 2. The molecule has 1 saturated heterocycles. The van der Waals surface area contributed by atoms with E-state index in [1.165, 1.54) is 0 Å². The summed E-state index contributed by atoms with van der Waals surface area (Å²) in [6, 6.07) is 0. The molecule has 0 spiro atoms. The summed E-state index contributed by atoms with van der Waals surface area (Å²) >= 11 is 1.72. The van der Waals surface area contributed by atoms with E-state index in [2.05, 4.69) is 10.1 Å². The highest BCUT2D eigenvalue weighted by molar-refractivity contribution is 7.99. The van der Waals surface area contributed by atoms with Crippen molar-refractivity contribution in [2.75, 3.05) is 5.75 Å². The van der Waals surface area contributed by atoms with E-state index < -0.39 is 18.6 Å². The second kappa shape index (κ2) is 4.90. The smallest absolute Gasteiger partial charge is 0.296 e. The zero-order valence-electron chi connectivity index (χ0n) is 8.36. The maximum Gasteiger partial charge on any atom is 0.296 e. The van der Waals surface area contributed by atoms with Crippen molar-refractivity contribution in [1.29, 1.82) is 0 Å². The normalized spacial score (nSPS) is 20.6. The number of carbonyl (C=O) groups excluding carboxylic acids is 1. The van der Waals surface area contributed by atoms with Gasteiger partial charge in [0.05, 0.1) is 11.7 Å². The van der Waals surface area contributed by atoms with Crippen LogP contribution < -0.4 is 0 Å². The van der Waals surface area contributed by atoms with Crippen molar-refractivity contribution in [1.82, 2.24) is 10.1 Å². The fourth-order valence-electron chi connectivity index (χ4n) is 1.48. The zero-order chi connectivity index (χ0) is 11.5. The number of Topliss-reactive ketones (excluding diaryl/α,β-unsaturated/α-hetero) is 1. The second-order valence-electron chi connectivity index (χ2n) is 3.49. The molecule has 1 aromatic heterocycles. The predicted molar refractivity (Wildman–Crippen MR) is 53.4 cm³/mol. The van der Waals surface area contributed by atoms with E-state index in [0.29, 0.717) is 5.82 Å². The van der Waals surface area contributed by atoms with Gasteiger partial charge in [-0.3, -0.25) is 4.79 Å². The van der Waals surface area contributed by atoms with Crippen LogP contribution in [0.25, 0.3) is 0 Å². The molecule has 4 nitrogen and oxygen atoms in total. The lowest BCUT2D eigenvalue weighted by Gasteiger charge is -1.98. The zero-order valence-corrected chi connectivity index (χ0v) is 9.17. The van der Waals surface area contributed by atoms with Gasteiger partial charge in [-0.15, -0.1) is 0 Å². The third-order valence-corrected chi connectivity index (χ3v) is 3.64. The summed E-state index contributed by atoms with van der Waals surface area (Å²) in [4.78, 5) is 14.7. The number of hydrogen-bond acceptors (Lipinski definition) is 5. The van der Waals surface area contributed by atoms with Crippen molar-refractivity contribution in [3.05, 3.63) is 11.7 Å². The lowest BCUT2D eigenvalue weighted by atomic mass is 10.2. The monoisotopic (exact) mass is 248 g/mol. The average molecular weight is 248 g/mol. The van der Waals surface area contributed by atoms with Crippen molar-refractivity contribution in [2.24, 2.45) is 0 Å². The average Bonchev–Trinajstić information content (AvgIpc) is 2.85. The number of ketones is 1. The van der Waals surface area contributed by atoms with Gasteiger partial charge in [0.15, 0.2) is 5.82 Å². The van der Waals surface area contributed by atoms with Gasteiger partial charge in [-0.2, -0.15) is 16.7 Å². The molecule has 1 unspecified atom stereocenters. The number of alkyl halides is 2. The molecule has 1 fully saturated rings. The molecule has 1 aromatic rings. The minimum absolute atomic E-state index is 0.0206. The molecule has 0 radical (unpaired) electrons. The first-order valence-corrected chi connectivity index (χ1v) is 5.96. The van der Waals surface area contributed by atoms with Crippen LogP contribution in [0.1, 0.15) is 29.8 Å². The van der Waals surface area contributed by atoms with Gasteiger partial charge in [0.2, 0.25) is 11.7 Å². The summed E-state index contributed by atoms with van der Waals surface area (Å²) in [5, 5.41) is 3.89. The molecule has 16 heavy (non-hydrogen) atoms. The van der Waals surface area contributed by atoms with E-state index in [1.54, 1.807) is 11.8 Å². The highest BCUT2D eigenvalue weighted by Crippen LogP contribution is 2.38. The Labute approximate surface area is 94.8 Å². The van der Waals surface area contributed by atoms with Gasteiger partial charge in [-0.25, -0.2) is 8.78 Å². The molecular weight excluding hydrogens is 238 g/mol. The van der Waals surface area contributed by atoms with Crippen LogP contribution in [-0.2, 0) is 11.2 Å². The Hall–Kier alpha value is -0.980. The number of carbonyl (C=O) groups is 1. The van der Waals surface area contributed by atoms with Crippen LogP contribution in [0.4, 0.5) is 8.78 Å². The Morgan fingerprint density at radius 1 is 1.62 bits per heavy atom. The van der Waals surface area contributed by atoms with Crippen LogP contribution in [0.15, 0.2) is 4.52 Å². The second-order valence-corrected chi connectivity index (χ2v) is 4.80. The molecule has 0 aromatic carbocycles. The molecular formula is C9H10F2N2O2S. The summed E-state index contributed by atoms with van der Waals surface area (Å²) < 4.78 is 28.7. The highest BCUT2D eigenvalue weighted by atomic mass is 32.2. The van der Waals surface area contributed by atoms with Crippen LogP contribution in [0.3, 0.4) is 0 Å². The molecule has 2 heterocycles. The van der Waals surface area contributed by atoms with Gasteiger partial charge >= 0.3 is 0 Å².